The van der Waals surface area contributed by atoms with Crippen molar-refractivity contribution < 1.29 is 29.7 Å². The normalized spacial score (nSPS) is 11.8. The van der Waals surface area contributed by atoms with Gasteiger partial charge in [0.2, 0.25) is 0 Å². The van der Waals surface area contributed by atoms with Crippen molar-refractivity contribution in [2.24, 2.45) is 11.8 Å². The van der Waals surface area contributed by atoms with Crippen LogP contribution in [-0.2, 0) is 14.4 Å². The van der Waals surface area contributed by atoms with E-state index in [4.69, 9.17) is 10.2 Å². The van der Waals surface area contributed by atoms with E-state index in [-0.39, 0.29) is 11.8 Å². The molecule has 0 unspecified atom stereocenters. The summed E-state index contributed by atoms with van der Waals surface area (Å²) >= 11 is 0. The van der Waals surface area contributed by atoms with Crippen LogP contribution in [0.5, 0.6) is 0 Å². The molecule has 0 saturated carbocycles. The van der Waals surface area contributed by atoms with Crippen molar-refractivity contribution in [3.05, 3.63) is 53.6 Å². The van der Waals surface area contributed by atoms with E-state index in [1.165, 1.54) is 0 Å². The fourth-order valence-corrected chi connectivity index (χ4v) is 2.23. The highest BCUT2D eigenvalue weighted by molar-refractivity contribution is 5.97. The van der Waals surface area contributed by atoms with Crippen LogP contribution in [0.1, 0.15) is 33.3 Å². The fourth-order valence-electron chi connectivity index (χ4n) is 2.23. The monoisotopic (exact) mass is 348 g/mol. The zero-order chi connectivity index (χ0) is 19.6. The average molecular weight is 348 g/mol. The van der Waals surface area contributed by atoms with E-state index in [2.05, 4.69) is 0 Å². The summed E-state index contributed by atoms with van der Waals surface area (Å²) in [6.07, 6.45) is 1.12. The molecule has 1 aromatic rings. The predicted octanol–water partition coefficient (Wildman–Crippen LogP) is 3.55. The van der Waals surface area contributed by atoms with Crippen LogP contribution in [0.25, 0.3) is 5.57 Å². The summed E-state index contributed by atoms with van der Waals surface area (Å²) in [5.41, 5.74) is 2.47. The van der Waals surface area contributed by atoms with Gasteiger partial charge in [-0.3, -0.25) is 0 Å². The lowest BCUT2D eigenvalue weighted by atomic mass is 9.86. The highest BCUT2D eigenvalue weighted by Gasteiger charge is 2.21. The van der Waals surface area contributed by atoms with Crippen molar-refractivity contribution in [2.45, 2.75) is 27.7 Å². The Balaban J connectivity index is 0.000000609. The van der Waals surface area contributed by atoms with Crippen molar-refractivity contribution in [1.82, 2.24) is 0 Å². The van der Waals surface area contributed by atoms with Gasteiger partial charge in [0.05, 0.1) is 0 Å². The molecule has 0 bridgehead atoms. The van der Waals surface area contributed by atoms with E-state index < -0.39 is 17.9 Å². The number of carboxylic acids is 3. The molecule has 136 valence electrons. The molecule has 0 atom stereocenters. The first kappa shape index (κ1) is 22.1. The maximum Gasteiger partial charge on any atom is 0.332 e. The lowest BCUT2D eigenvalue weighted by Gasteiger charge is -2.18. The van der Waals surface area contributed by atoms with Crippen molar-refractivity contribution >= 4 is 23.5 Å². The Morgan fingerprint density at radius 3 is 1.52 bits per heavy atom. The van der Waals surface area contributed by atoms with Crippen LogP contribution in [0.2, 0.25) is 0 Å². The minimum atomic E-state index is -1.26. The summed E-state index contributed by atoms with van der Waals surface area (Å²) in [4.78, 5) is 30.5. The first-order valence-corrected chi connectivity index (χ1v) is 7.74. The molecule has 0 radical (unpaired) electrons. The van der Waals surface area contributed by atoms with Crippen LogP contribution < -0.4 is 0 Å². The molecule has 0 aromatic heterocycles. The van der Waals surface area contributed by atoms with Gasteiger partial charge in [0.15, 0.2) is 0 Å². The van der Waals surface area contributed by atoms with Crippen molar-refractivity contribution in [3.8, 4) is 0 Å². The average Bonchev–Trinajstić information content (AvgIpc) is 2.50. The third-order valence-electron chi connectivity index (χ3n) is 3.13. The molecule has 6 heteroatoms. The molecule has 0 aliphatic rings. The zero-order valence-electron chi connectivity index (χ0n) is 14.8. The molecular formula is C19H24O6. The predicted molar refractivity (Wildman–Crippen MR) is 95.1 cm³/mol. The molecule has 1 aromatic carbocycles. The maximum absolute atomic E-state index is 11.4. The maximum atomic E-state index is 11.4. The van der Waals surface area contributed by atoms with E-state index in [1.54, 1.807) is 0 Å². The Morgan fingerprint density at radius 2 is 1.24 bits per heavy atom. The summed E-state index contributed by atoms with van der Waals surface area (Å²) in [7, 11) is 0. The van der Waals surface area contributed by atoms with Crippen LogP contribution in [-0.4, -0.2) is 33.2 Å². The lowest BCUT2D eigenvalue weighted by molar-refractivity contribution is -0.134. The van der Waals surface area contributed by atoms with E-state index >= 15 is 0 Å². The highest BCUT2D eigenvalue weighted by Crippen LogP contribution is 2.30. The van der Waals surface area contributed by atoms with Crippen LogP contribution in [0.3, 0.4) is 0 Å². The van der Waals surface area contributed by atoms with Gasteiger partial charge in [-0.1, -0.05) is 58.0 Å². The second kappa shape index (κ2) is 10.8. The van der Waals surface area contributed by atoms with Gasteiger partial charge in [-0.25, -0.2) is 14.4 Å². The molecule has 0 spiro atoms. The molecule has 25 heavy (non-hydrogen) atoms. The van der Waals surface area contributed by atoms with Crippen molar-refractivity contribution in [1.29, 1.82) is 0 Å². The summed E-state index contributed by atoms with van der Waals surface area (Å²) in [6.45, 7) is 7.92. The van der Waals surface area contributed by atoms with Gasteiger partial charge in [-0.2, -0.15) is 0 Å². The number of aliphatic carboxylic acids is 3. The zero-order valence-corrected chi connectivity index (χ0v) is 14.8. The number of hydrogen-bond donors (Lipinski definition) is 3. The standard InChI is InChI=1S/C15H20O2.C4H4O4/c1-10(2)13(12-8-6-5-7-9-12)14(11(3)4)15(16)17;5-3(6)1-2-4(7)8/h5-11H,1-4H3,(H,16,17);1-2H,(H,5,6)(H,7,8). The summed E-state index contributed by atoms with van der Waals surface area (Å²) in [5, 5.41) is 25.0. The Kier molecular flexibility index (Phi) is 9.56. The van der Waals surface area contributed by atoms with Gasteiger partial charge in [-0.15, -0.1) is 0 Å². The third kappa shape index (κ3) is 8.50. The van der Waals surface area contributed by atoms with E-state index in [1.807, 2.05) is 58.0 Å². The lowest BCUT2D eigenvalue weighted by Crippen LogP contribution is -2.13. The quantitative estimate of drug-likeness (QED) is 0.678. The Hall–Kier alpha value is -2.89. The Bertz CT molecular complexity index is 638. The van der Waals surface area contributed by atoms with Crippen molar-refractivity contribution in [3.63, 3.8) is 0 Å². The van der Waals surface area contributed by atoms with E-state index in [9.17, 15) is 19.5 Å². The van der Waals surface area contributed by atoms with Gasteiger partial charge in [0.1, 0.15) is 0 Å². The number of carbonyl (C=O) groups is 3. The van der Waals surface area contributed by atoms with Crippen LogP contribution >= 0.6 is 0 Å². The van der Waals surface area contributed by atoms with Gasteiger partial charge < -0.3 is 15.3 Å². The molecular weight excluding hydrogens is 324 g/mol. The van der Waals surface area contributed by atoms with Crippen LogP contribution in [0.4, 0.5) is 0 Å². The molecule has 3 N–H and O–H groups in total. The fraction of sp³-hybridized carbons (Fsp3) is 0.316. The molecule has 0 aliphatic heterocycles. The molecule has 1 rings (SSSR count). The van der Waals surface area contributed by atoms with Gasteiger partial charge >= 0.3 is 17.9 Å². The highest BCUT2D eigenvalue weighted by atomic mass is 16.4. The van der Waals surface area contributed by atoms with E-state index in [0.717, 1.165) is 11.1 Å². The van der Waals surface area contributed by atoms with E-state index in [0.29, 0.717) is 17.7 Å². The largest absolute Gasteiger partial charge is 0.478 e. The van der Waals surface area contributed by atoms with Crippen LogP contribution in [0, 0.1) is 11.8 Å². The first-order chi connectivity index (χ1) is 11.6. The SMILES string of the molecule is CC(C)C(C(=O)O)=C(c1ccccc1)C(C)C.O=C(O)C=CC(=O)O. The number of benzene rings is 1. The summed E-state index contributed by atoms with van der Waals surface area (Å²) < 4.78 is 0. The number of hydrogen-bond acceptors (Lipinski definition) is 3. The smallest absolute Gasteiger partial charge is 0.332 e. The second-order valence-corrected chi connectivity index (χ2v) is 5.82. The third-order valence-corrected chi connectivity index (χ3v) is 3.13. The first-order valence-electron chi connectivity index (χ1n) is 7.74. The molecule has 6 nitrogen and oxygen atoms in total. The Labute approximate surface area is 147 Å². The summed E-state index contributed by atoms with van der Waals surface area (Å²) in [6, 6.07) is 9.77. The van der Waals surface area contributed by atoms with Gasteiger partial charge in [0.25, 0.3) is 0 Å². The molecule has 0 fully saturated rings. The topological polar surface area (TPSA) is 112 Å². The molecule has 0 aliphatic carbocycles. The molecule has 0 heterocycles. The number of carboxylic acid groups (broad SMARTS) is 3. The van der Waals surface area contributed by atoms with Crippen LogP contribution in [0.15, 0.2) is 48.1 Å². The minimum Gasteiger partial charge on any atom is -0.478 e. The molecule has 0 amide bonds. The minimum absolute atomic E-state index is 0.0186. The second-order valence-electron chi connectivity index (χ2n) is 5.82. The van der Waals surface area contributed by atoms with Crippen molar-refractivity contribution in [2.75, 3.05) is 0 Å². The number of rotatable bonds is 6. The Morgan fingerprint density at radius 1 is 0.800 bits per heavy atom. The number of allylic oxidation sites excluding steroid dienone is 1. The summed E-state index contributed by atoms with van der Waals surface area (Å²) in [5.74, 6) is -3.11. The van der Waals surface area contributed by atoms with Gasteiger partial charge in [-0.05, 0) is 23.0 Å². The molecule has 0 saturated heterocycles. The van der Waals surface area contributed by atoms with Gasteiger partial charge in [0, 0.05) is 17.7 Å².